The van der Waals surface area contributed by atoms with Crippen molar-refractivity contribution in [1.82, 2.24) is 14.9 Å². The van der Waals surface area contributed by atoms with Gasteiger partial charge in [0.2, 0.25) is 21.8 Å². The minimum Gasteiger partial charge on any atom is -0.497 e. The average Bonchev–Trinajstić information content (AvgIpc) is 3.90. The lowest BCUT2D eigenvalue weighted by molar-refractivity contribution is -0.133. The Balaban J connectivity index is 1.23. The van der Waals surface area contributed by atoms with Crippen LogP contribution in [-0.4, -0.2) is 74.8 Å². The van der Waals surface area contributed by atoms with Gasteiger partial charge in [-0.05, 0) is 74.2 Å². The molecule has 2 saturated carbocycles. The van der Waals surface area contributed by atoms with Crippen molar-refractivity contribution in [2.75, 3.05) is 20.7 Å². The van der Waals surface area contributed by atoms with Crippen LogP contribution >= 0.6 is 11.3 Å². The number of benzene rings is 1. The number of fused-ring (bicyclic) bond motifs is 2. The van der Waals surface area contributed by atoms with Gasteiger partial charge in [-0.3, -0.25) is 19.1 Å². The fraction of sp³-hybridized carbons (Fsp3) is 0.455. The first-order chi connectivity index (χ1) is 22.1. The predicted octanol–water partition coefficient (Wildman–Crippen LogP) is 3.77. The first-order valence-corrected chi connectivity index (χ1v) is 18.0. The number of likely N-dealkylation sites (N-methyl/N-ethyl adjacent to an activating group) is 1. The van der Waals surface area contributed by atoms with Gasteiger partial charge in [-0.2, -0.15) is 0 Å². The number of sulfonamides is 1. The molecular weight excluding hydrogens is 629 g/mol. The number of rotatable bonds is 8. The molecule has 0 spiro atoms. The molecule has 11 nitrogen and oxygen atoms in total. The van der Waals surface area contributed by atoms with Gasteiger partial charge in [0.15, 0.2) is 0 Å². The number of nitrogens with zero attached hydrogens (tertiary/aromatic N) is 2. The number of oxime groups is 1. The fourth-order valence-corrected chi connectivity index (χ4v) is 8.18. The van der Waals surface area contributed by atoms with Crippen molar-refractivity contribution in [1.29, 1.82) is 0 Å². The van der Waals surface area contributed by atoms with E-state index in [0.717, 1.165) is 35.3 Å². The Morgan fingerprint density at radius 2 is 2.04 bits per heavy atom. The molecule has 0 bridgehead atoms. The largest absolute Gasteiger partial charge is 0.497 e. The molecule has 2 fully saturated rings. The third-order valence-corrected chi connectivity index (χ3v) is 11.7. The van der Waals surface area contributed by atoms with E-state index in [0.29, 0.717) is 25.1 Å². The smallest absolute Gasteiger partial charge is 0.259 e. The quantitative estimate of drug-likeness (QED) is 0.248. The second-order valence-electron chi connectivity index (χ2n) is 12.3. The van der Waals surface area contributed by atoms with E-state index in [9.17, 15) is 22.8 Å². The molecule has 1 aromatic heterocycles. The van der Waals surface area contributed by atoms with Gasteiger partial charge in [-0.15, -0.1) is 11.3 Å². The molecule has 0 radical (unpaired) electrons. The minimum absolute atomic E-state index is 0.132. The van der Waals surface area contributed by atoms with E-state index in [1.807, 2.05) is 47.9 Å². The summed E-state index contributed by atoms with van der Waals surface area (Å²) in [6.07, 6.45) is 10.2. The van der Waals surface area contributed by atoms with Crippen LogP contribution in [0.2, 0.25) is 0 Å². The molecule has 4 atom stereocenters. The molecule has 3 amide bonds. The third-order valence-electron chi connectivity index (χ3n) is 9.00. The van der Waals surface area contributed by atoms with E-state index < -0.39 is 44.6 Å². The number of allylic oxidation sites excluding steroid dienone is 1. The number of thiophene rings is 1. The summed E-state index contributed by atoms with van der Waals surface area (Å²) < 4.78 is 32.9. The highest BCUT2D eigenvalue weighted by atomic mass is 32.2. The zero-order valence-electron chi connectivity index (χ0n) is 25.8. The van der Waals surface area contributed by atoms with E-state index >= 15 is 0 Å². The molecule has 2 N–H and O–H groups in total. The molecule has 46 heavy (non-hydrogen) atoms. The van der Waals surface area contributed by atoms with Crippen molar-refractivity contribution in [3.05, 3.63) is 65.1 Å². The Bertz CT molecular complexity index is 1700. The lowest BCUT2D eigenvalue weighted by Crippen LogP contribution is -2.54. The number of carbonyl (C=O) groups excluding carboxylic acids is 3. The highest BCUT2D eigenvalue weighted by Crippen LogP contribution is 2.46. The van der Waals surface area contributed by atoms with E-state index in [4.69, 9.17) is 9.57 Å². The number of nitrogens with one attached hydrogen (secondary N) is 2. The lowest BCUT2D eigenvalue weighted by Gasteiger charge is -2.24. The second-order valence-corrected chi connectivity index (χ2v) is 15.2. The summed E-state index contributed by atoms with van der Waals surface area (Å²) in [6, 6.07) is 9.66. The minimum atomic E-state index is -3.81. The number of ether oxygens (including phenoxy) is 1. The molecule has 0 saturated heterocycles. The lowest BCUT2D eigenvalue weighted by atomic mass is 9.97. The van der Waals surface area contributed by atoms with Crippen molar-refractivity contribution in [3.63, 3.8) is 0 Å². The van der Waals surface area contributed by atoms with Gasteiger partial charge in [-0.25, -0.2) is 8.42 Å². The predicted molar refractivity (Wildman–Crippen MR) is 175 cm³/mol. The van der Waals surface area contributed by atoms with E-state index in [1.54, 1.807) is 42.7 Å². The molecule has 4 aliphatic rings. The van der Waals surface area contributed by atoms with Gasteiger partial charge >= 0.3 is 0 Å². The zero-order chi connectivity index (χ0) is 32.5. The molecule has 1 aliphatic heterocycles. The van der Waals surface area contributed by atoms with Gasteiger partial charge in [0.25, 0.3) is 5.91 Å². The summed E-state index contributed by atoms with van der Waals surface area (Å²) in [5.74, 6) is -2.15. The Hall–Kier alpha value is -3.97. The molecule has 0 unspecified atom stereocenters. The highest BCUT2D eigenvalue weighted by molar-refractivity contribution is 7.91. The Kier molecular flexibility index (Phi) is 9.06. The maximum Gasteiger partial charge on any atom is 0.259 e. The summed E-state index contributed by atoms with van der Waals surface area (Å²) >= 11 is 1.60. The van der Waals surface area contributed by atoms with Crippen LogP contribution in [0.1, 0.15) is 50.5 Å². The van der Waals surface area contributed by atoms with E-state index in [-0.39, 0.29) is 30.2 Å². The molecule has 6 rings (SSSR count). The summed E-state index contributed by atoms with van der Waals surface area (Å²) in [4.78, 5) is 49.4. The number of amides is 3. The van der Waals surface area contributed by atoms with Crippen LogP contribution in [0, 0.1) is 11.8 Å². The summed E-state index contributed by atoms with van der Waals surface area (Å²) in [5.41, 5.74) is 0.604. The van der Waals surface area contributed by atoms with Crippen LogP contribution in [-0.2, 0) is 29.2 Å². The van der Waals surface area contributed by atoms with Gasteiger partial charge in [-0.1, -0.05) is 23.4 Å². The average molecular weight is 667 g/mol. The van der Waals surface area contributed by atoms with Gasteiger partial charge in [0, 0.05) is 47.5 Å². The molecule has 244 valence electrons. The maximum absolute atomic E-state index is 13.9. The fourth-order valence-electron chi connectivity index (χ4n) is 6.05. The Morgan fingerprint density at radius 1 is 1.22 bits per heavy atom. The van der Waals surface area contributed by atoms with Gasteiger partial charge < -0.3 is 19.8 Å². The van der Waals surface area contributed by atoms with Crippen molar-refractivity contribution in [2.24, 2.45) is 17.0 Å². The number of hydrogen-bond acceptors (Lipinski definition) is 9. The monoisotopic (exact) mass is 666 g/mol. The van der Waals surface area contributed by atoms with Crippen LogP contribution in [0.25, 0.3) is 10.4 Å². The molecule has 2 heterocycles. The second kappa shape index (κ2) is 13.0. The van der Waals surface area contributed by atoms with Crippen molar-refractivity contribution in [3.8, 4) is 16.2 Å². The Labute approximate surface area is 272 Å². The van der Waals surface area contributed by atoms with Crippen LogP contribution in [0.5, 0.6) is 5.75 Å². The van der Waals surface area contributed by atoms with Crippen LogP contribution in [0.4, 0.5) is 0 Å². The molecular formula is C33H38N4O7S2. The maximum atomic E-state index is 13.9. The first kappa shape index (κ1) is 32.0. The van der Waals surface area contributed by atoms with Crippen LogP contribution in [0.3, 0.4) is 0 Å². The van der Waals surface area contributed by atoms with Gasteiger partial charge in [0.05, 0.1) is 24.5 Å². The van der Waals surface area contributed by atoms with Crippen LogP contribution < -0.4 is 14.8 Å². The molecule has 3 aliphatic carbocycles. The highest BCUT2D eigenvalue weighted by Gasteiger charge is 2.61. The SMILES string of the molecule is COc1ccc(-c2cccs2)c(/C=N/O[C@H]2C=C3C(=O)N(C)CCCC/C=C\[C@H]4C[C@@]4(C(=O)NS(=O)(=O)C4CC4)NC(=O)[C@@H]3C2)c1. The zero-order valence-corrected chi connectivity index (χ0v) is 27.4. The molecule has 2 aromatic rings. The van der Waals surface area contributed by atoms with E-state index in [2.05, 4.69) is 15.2 Å². The molecule has 13 heteroatoms. The summed E-state index contributed by atoms with van der Waals surface area (Å²) in [6.45, 7) is 0.526. The summed E-state index contributed by atoms with van der Waals surface area (Å²) in [7, 11) is -0.520. The number of methoxy groups -OCH3 is 1. The number of carbonyl (C=O) groups is 3. The summed E-state index contributed by atoms with van der Waals surface area (Å²) in [5, 5.41) is 8.52. The van der Waals surface area contributed by atoms with E-state index in [1.165, 1.54) is 0 Å². The van der Waals surface area contributed by atoms with Crippen molar-refractivity contribution >= 4 is 45.3 Å². The normalized spacial score (nSPS) is 27.6. The van der Waals surface area contributed by atoms with Crippen LogP contribution in [0.15, 0.2) is 64.7 Å². The first-order valence-electron chi connectivity index (χ1n) is 15.5. The standard InChI is InChI=1S/C33H38N4O7S2/c1-37-14-6-4-3-5-8-22-19-33(22,32(40)36-46(41,42)25-11-12-25)35-30(38)27-17-24(18-28(27)31(37)39)44-34-20-21-16-23(43-2)10-13-26(21)29-9-7-15-45-29/h5,7-10,13,15-16,18,20,22,24-25,27H,3-4,6,11-12,14,17,19H2,1-2H3,(H,35,38)(H,36,40)/b8-5-,34-20+/t22-,24+,27+,33+/m0/s1. The molecule has 1 aromatic carbocycles. The third kappa shape index (κ3) is 6.75. The number of hydrogen-bond donors (Lipinski definition) is 2. The van der Waals surface area contributed by atoms with Crippen molar-refractivity contribution < 1.29 is 32.4 Å². The van der Waals surface area contributed by atoms with Gasteiger partial charge in [0.1, 0.15) is 17.4 Å². The van der Waals surface area contributed by atoms with Crippen molar-refractivity contribution in [2.45, 2.75) is 61.8 Å². The Morgan fingerprint density at radius 3 is 2.78 bits per heavy atom. The topological polar surface area (TPSA) is 143 Å².